The van der Waals surface area contributed by atoms with E-state index in [2.05, 4.69) is 94.9 Å². The molecule has 29 heavy (non-hydrogen) atoms. The summed E-state index contributed by atoms with van der Waals surface area (Å²) in [6.07, 6.45) is 1.24. The van der Waals surface area contributed by atoms with Crippen LogP contribution in [0.3, 0.4) is 0 Å². The Kier molecular flexibility index (Phi) is 4.37. The zero-order valence-electron chi connectivity index (χ0n) is 15.9. The lowest BCUT2D eigenvalue weighted by molar-refractivity contribution is 0.863. The molecule has 0 unspecified atom stereocenters. The first kappa shape index (κ1) is 17.3. The van der Waals surface area contributed by atoms with Crippen molar-refractivity contribution in [3.05, 3.63) is 108 Å². The lowest BCUT2D eigenvalue weighted by Crippen LogP contribution is -2.08. The molecule has 5 aromatic rings. The third-order valence-corrected chi connectivity index (χ3v) is 5.20. The Morgan fingerprint density at radius 3 is 1.48 bits per heavy atom. The van der Waals surface area contributed by atoms with E-state index in [0.29, 0.717) is 24.5 Å². The maximum absolute atomic E-state index is 6.03. The molecular weight excluding hydrogens is 356 g/mol. The van der Waals surface area contributed by atoms with Crippen molar-refractivity contribution in [1.29, 1.82) is 0 Å². The summed E-state index contributed by atoms with van der Waals surface area (Å²) in [4.78, 5) is 13.5. The van der Waals surface area contributed by atoms with E-state index in [1.54, 1.807) is 0 Å². The summed E-state index contributed by atoms with van der Waals surface area (Å²) >= 11 is 0. The first-order chi connectivity index (χ1) is 14.3. The molecule has 5 rings (SSSR count). The van der Waals surface area contributed by atoms with Gasteiger partial charge in [0, 0.05) is 12.8 Å². The second kappa shape index (κ2) is 7.32. The van der Waals surface area contributed by atoms with Crippen molar-refractivity contribution >= 4 is 27.5 Å². The molecule has 0 saturated heterocycles. The number of hydrogen-bond acceptors (Lipinski definition) is 4. The van der Waals surface area contributed by atoms with Crippen LogP contribution >= 0.6 is 0 Å². The molecule has 0 saturated carbocycles. The third kappa shape index (κ3) is 3.52. The Morgan fingerprint density at radius 1 is 0.517 bits per heavy atom. The lowest BCUT2D eigenvalue weighted by atomic mass is 10.0. The SMILES string of the molecule is Nc1nc(Cc2cccc3ccccc23)nc(Cc2cccc3ccccc23)n1. The molecule has 1 aromatic heterocycles. The van der Waals surface area contributed by atoms with Crippen LogP contribution in [0.1, 0.15) is 22.8 Å². The number of benzene rings is 4. The van der Waals surface area contributed by atoms with E-state index in [1.807, 2.05) is 0 Å². The molecule has 4 aromatic carbocycles. The fourth-order valence-electron chi connectivity index (χ4n) is 3.88. The number of hydrogen-bond donors (Lipinski definition) is 1. The maximum Gasteiger partial charge on any atom is 0.223 e. The highest BCUT2D eigenvalue weighted by Crippen LogP contribution is 2.22. The Morgan fingerprint density at radius 2 is 0.966 bits per heavy atom. The van der Waals surface area contributed by atoms with Crippen LogP contribution in [-0.4, -0.2) is 15.0 Å². The number of rotatable bonds is 4. The number of aromatic nitrogens is 3. The monoisotopic (exact) mass is 376 g/mol. The summed E-state index contributed by atoms with van der Waals surface area (Å²) in [5.74, 6) is 1.67. The van der Waals surface area contributed by atoms with Crippen molar-refractivity contribution in [2.75, 3.05) is 5.73 Å². The maximum atomic E-state index is 6.03. The van der Waals surface area contributed by atoms with Crippen LogP contribution in [0.4, 0.5) is 5.95 Å². The summed E-state index contributed by atoms with van der Waals surface area (Å²) in [5, 5.41) is 4.85. The van der Waals surface area contributed by atoms with Gasteiger partial charge in [-0.3, -0.25) is 0 Å². The first-order valence-corrected chi connectivity index (χ1v) is 9.69. The minimum Gasteiger partial charge on any atom is -0.368 e. The topological polar surface area (TPSA) is 64.7 Å². The quantitative estimate of drug-likeness (QED) is 0.482. The standard InChI is InChI=1S/C25H20N4/c26-25-28-23(15-19-11-5-9-17-7-1-3-13-21(17)19)27-24(29-25)16-20-12-6-10-18-8-2-4-14-22(18)20/h1-14H,15-16H2,(H2,26,27,28,29). The van der Waals surface area contributed by atoms with Gasteiger partial charge in [-0.25, -0.2) is 4.98 Å². The van der Waals surface area contributed by atoms with Crippen molar-refractivity contribution in [1.82, 2.24) is 15.0 Å². The van der Waals surface area contributed by atoms with Crippen LogP contribution < -0.4 is 5.73 Å². The van der Waals surface area contributed by atoms with Crippen molar-refractivity contribution in [3.63, 3.8) is 0 Å². The van der Waals surface area contributed by atoms with Gasteiger partial charge in [-0.2, -0.15) is 9.97 Å². The zero-order valence-corrected chi connectivity index (χ0v) is 15.9. The van der Waals surface area contributed by atoms with Crippen molar-refractivity contribution in [2.45, 2.75) is 12.8 Å². The van der Waals surface area contributed by atoms with Crippen LogP contribution in [0.2, 0.25) is 0 Å². The predicted octanol–water partition coefficient (Wildman–Crippen LogP) is 4.94. The fraction of sp³-hybridized carbons (Fsp3) is 0.0800. The molecule has 4 heteroatoms. The van der Waals surface area contributed by atoms with Gasteiger partial charge in [0.05, 0.1) is 0 Å². The largest absolute Gasteiger partial charge is 0.368 e. The lowest BCUT2D eigenvalue weighted by Gasteiger charge is -2.09. The summed E-state index contributed by atoms with van der Waals surface area (Å²) < 4.78 is 0. The van der Waals surface area contributed by atoms with Gasteiger partial charge in [-0.1, -0.05) is 84.9 Å². The average Bonchev–Trinajstić information content (AvgIpc) is 2.74. The summed E-state index contributed by atoms with van der Waals surface area (Å²) in [5.41, 5.74) is 8.40. The van der Waals surface area contributed by atoms with Gasteiger partial charge in [-0.05, 0) is 32.7 Å². The van der Waals surface area contributed by atoms with E-state index in [1.165, 1.54) is 32.7 Å². The molecule has 0 atom stereocenters. The van der Waals surface area contributed by atoms with Crippen molar-refractivity contribution in [2.24, 2.45) is 0 Å². The smallest absolute Gasteiger partial charge is 0.223 e. The van der Waals surface area contributed by atoms with Crippen molar-refractivity contribution < 1.29 is 0 Å². The highest BCUT2D eigenvalue weighted by Gasteiger charge is 2.10. The van der Waals surface area contributed by atoms with Crippen LogP contribution in [0.15, 0.2) is 84.9 Å². The van der Waals surface area contributed by atoms with Gasteiger partial charge in [0.25, 0.3) is 0 Å². The van der Waals surface area contributed by atoms with Gasteiger partial charge in [0.2, 0.25) is 5.95 Å². The van der Waals surface area contributed by atoms with Gasteiger partial charge in [-0.15, -0.1) is 0 Å². The molecule has 4 nitrogen and oxygen atoms in total. The molecule has 0 amide bonds. The predicted molar refractivity (Wildman–Crippen MR) is 118 cm³/mol. The van der Waals surface area contributed by atoms with E-state index >= 15 is 0 Å². The first-order valence-electron chi connectivity index (χ1n) is 9.69. The molecule has 0 radical (unpaired) electrons. The van der Waals surface area contributed by atoms with Crippen molar-refractivity contribution in [3.8, 4) is 0 Å². The molecule has 0 aliphatic carbocycles. The molecule has 1 heterocycles. The van der Waals surface area contributed by atoms with E-state index < -0.39 is 0 Å². The van der Waals surface area contributed by atoms with Gasteiger partial charge in [0.15, 0.2) is 0 Å². The Bertz CT molecular complexity index is 1220. The molecule has 0 fully saturated rings. The van der Waals surface area contributed by atoms with Crippen LogP contribution in [-0.2, 0) is 12.8 Å². The second-order valence-electron chi connectivity index (χ2n) is 7.16. The van der Waals surface area contributed by atoms with Crippen LogP contribution in [0.25, 0.3) is 21.5 Å². The zero-order chi connectivity index (χ0) is 19.6. The average molecular weight is 376 g/mol. The molecule has 140 valence electrons. The fourth-order valence-corrected chi connectivity index (χ4v) is 3.88. The van der Waals surface area contributed by atoms with E-state index in [-0.39, 0.29) is 5.95 Å². The minimum absolute atomic E-state index is 0.269. The Balaban J connectivity index is 1.50. The normalized spacial score (nSPS) is 11.2. The number of nitrogens with two attached hydrogens (primary N) is 1. The van der Waals surface area contributed by atoms with Crippen LogP contribution in [0, 0.1) is 0 Å². The Labute approximate surface area is 169 Å². The number of anilines is 1. The summed E-state index contributed by atoms with van der Waals surface area (Å²) in [7, 11) is 0. The third-order valence-electron chi connectivity index (χ3n) is 5.20. The molecule has 0 aliphatic heterocycles. The van der Waals surface area contributed by atoms with E-state index in [0.717, 1.165) is 0 Å². The van der Waals surface area contributed by atoms with Crippen LogP contribution in [0.5, 0.6) is 0 Å². The molecule has 0 bridgehead atoms. The second-order valence-corrected chi connectivity index (χ2v) is 7.16. The van der Waals surface area contributed by atoms with E-state index in [9.17, 15) is 0 Å². The molecule has 2 N–H and O–H groups in total. The molecular formula is C25H20N4. The number of nitrogen functional groups attached to an aromatic ring is 1. The van der Waals surface area contributed by atoms with E-state index in [4.69, 9.17) is 10.7 Å². The molecule has 0 spiro atoms. The van der Waals surface area contributed by atoms with Gasteiger partial charge < -0.3 is 5.73 Å². The highest BCUT2D eigenvalue weighted by atomic mass is 15.1. The van der Waals surface area contributed by atoms with Gasteiger partial charge in [0.1, 0.15) is 11.6 Å². The highest BCUT2D eigenvalue weighted by molar-refractivity contribution is 5.86. The number of nitrogens with zero attached hydrogens (tertiary/aromatic N) is 3. The minimum atomic E-state index is 0.269. The summed E-state index contributed by atoms with van der Waals surface area (Å²) in [6, 6.07) is 29.3. The van der Waals surface area contributed by atoms with Gasteiger partial charge >= 0.3 is 0 Å². The summed E-state index contributed by atoms with van der Waals surface area (Å²) in [6.45, 7) is 0. The number of fused-ring (bicyclic) bond motifs is 2. The Hall–Kier alpha value is -3.79. The molecule has 0 aliphatic rings.